The summed E-state index contributed by atoms with van der Waals surface area (Å²) in [5, 5.41) is 3.69. The molecule has 0 spiro atoms. The first-order valence-corrected chi connectivity index (χ1v) is 8.23. The van der Waals surface area contributed by atoms with E-state index < -0.39 is 5.60 Å². The topological polar surface area (TPSA) is 44.8 Å². The van der Waals surface area contributed by atoms with Crippen molar-refractivity contribution in [3.8, 4) is 0 Å². The van der Waals surface area contributed by atoms with Gasteiger partial charge in [0.25, 0.3) is 0 Å². The third kappa shape index (κ3) is 5.47. The second kappa shape index (κ2) is 6.97. The lowest BCUT2D eigenvalue weighted by Crippen LogP contribution is -2.43. The van der Waals surface area contributed by atoms with Crippen molar-refractivity contribution in [3.05, 3.63) is 0 Å². The standard InChI is InChI=1S/C16H31N3O2/c1-16(2,3)21-15(20)19-10-5-13(12-19)11-17-14-6-8-18(4)9-7-14/h13-14,17H,5-12H2,1-4H3. The molecular formula is C16H31N3O2. The molecule has 0 aromatic rings. The fraction of sp³-hybridized carbons (Fsp3) is 0.938. The number of carbonyl (C=O) groups excluding carboxylic acids is 1. The van der Waals surface area contributed by atoms with Crippen LogP contribution in [0.25, 0.3) is 0 Å². The van der Waals surface area contributed by atoms with Crippen LogP contribution >= 0.6 is 0 Å². The van der Waals surface area contributed by atoms with Crippen LogP contribution in [0.1, 0.15) is 40.0 Å². The Morgan fingerprint density at radius 1 is 1.19 bits per heavy atom. The van der Waals surface area contributed by atoms with E-state index in [1.54, 1.807) is 0 Å². The minimum Gasteiger partial charge on any atom is -0.444 e. The average molecular weight is 297 g/mol. The van der Waals surface area contributed by atoms with Gasteiger partial charge in [-0.05, 0) is 72.6 Å². The molecule has 0 bridgehead atoms. The largest absolute Gasteiger partial charge is 0.444 e. The molecule has 1 amide bonds. The molecule has 0 aromatic heterocycles. The Morgan fingerprint density at radius 3 is 2.48 bits per heavy atom. The fourth-order valence-corrected chi connectivity index (χ4v) is 3.04. The molecule has 0 radical (unpaired) electrons. The summed E-state index contributed by atoms with van der Waals surface area (Å²) in [6, 6.07) is 0.650. The van der Waals surface area contributed by atoms with Gasteiger partial charge in [0, 0.05) is 19.1 Å². The van der Waals surface area contributed by atoms with Gasteiger partial charge >= 0.3 is 6.09 Å². The monoisotopic (exact) mass is 297 g/mol. The fourth-order valence-electron chi connectivity index (χ4n) is 3.04. The van der Waals surface area contributed by atoms with Gasteiger partial charge < -0.3 is 19.9 Å². The molecule has 1 atom stereocenters. The van der Waals surface area contributed by atoms with Gasteiger partial charge in [0.1, 0.15) is 5.60 Å². The minimum absolute atomic E-state index is 0.163. The molecule has 2 aliphatic rings. The lowest BCUT2D eigenvalue weighted by atomic mass is 10.0. The SMILES string of the molecule is CN1CCC(NCC2CCN(C(=O)OC(C)(C)C)C2)CC1. The summed E-state index contributed by atoms with van der Waals surface area (Å²) < 4.78 is 5.44. The van der Waals surface area contributed by atoms with Crippen LogP contribution in [0, 0.1) is 5.92 Å². The number of nitrogens with zero attached hydrogens (tertiary/aromatic N) is 2. The molecule has 0 saturated carbocycles. The maximum atomic E-state index is 12.0. The highest BCUT2D eigenvalue weighted by Crippen LogP contribution is 2.19. The van der Waals surface area contributed by atoms with E-state index in [1.807, 2.05) is 25.7 Å². The van der Waals surface area contributed by atoms with Gasteiger partial charge in [0.05, 0.1) is 0 Å². The Morgan fingerprint density at radius 2 is 1.86 bits per heavy atom. The van der Waals surface area contributed by atoms with Crippen molar-refractivity contribution in [3.63, 3.8) is 0 Å². The van der Waals surface area contributed by atoms with Gasteiger partial charge in [-0.25, -0.2) is 4.79 Å². The zero-order valence-electron chi connectivity index (χ0n) is 14.0. The molecule has 1 unspecified atom stereocenters. The van der Waals surface area contributed by atoms with Gasteiger partial charge in [-0.15, -0.1) is 0 Å². The molecular weight excluding hydrogens is 266 g/mol. The van der Waals surface area contributed by atoms with E-state index in [0.717, 1.165) is 26.1 Å². The quantitative estimate of drug-likeness (QED) is 0.864. The lowest BCUT2D eigenvalue weighted by Gasteiger charge is -2.30. The number of rotatable bonds is 3. The van der Waals surface area contributed by atoms with Crippen molar-refractivity contribution in [2.24, 2.45) is 5.92 Å². The van der Waals surface area contributed by atoms with Crippen molar-refractivity contribution in [1.29, 1.82) is 0 Å². The Bertz CT molecular complexity index is 346. The Hall–Kier alpha value is -0.810. The summed E-state index contributed by atoms with van der Waals surface area (Å²) >= 11 is 0. The molecule has 1 N–H and O–H groups in total. The van der Waals surface area contributed by atoms with Crippen molar-refractivity contribution >= 4 is 6.09 Å². The average Bonchev–Trinajstić information content (AvgIpc) is 2.85. The molecule has 0 aromatic carbocycles. The zero-order chi connectivity index (χ0) is 15.5. The van der Waals surface area contributed by atoms with Gasteiger partial charge in [0.2, 0.25) is 0 Å². The van der Waals surface area contributed by atoms with Crippen LogP contribution in [0.3, 0.4) is 0 Å². The van der Waals surface area contributed by atoms with E-state index in [0.29, 0.717) is 12.0 Å². The Kier molecular flexibility index (Phi) is 5.49. The Balaban J connectivity index is 1.67. The van der Waals surface area contributed by atoms with E-state index in [2.05, 4.69) is 17.3 Å². The number of likely N-dealkylation sites (tertiary alicyclic amines) is 2. The summed E-state index contributed by atoms with van der Waals surface area (Å²) in [5.41, 5.74) is -0.401. The number of amides is 1. The van der Waals surface area contributed by atoms with Crippen LogP contribution in [0.2, 0.25) is 0 Å². The normalized spacial score (nSPS) is 25.3. The second-order valence-electron chi connectivity index (χ2n) is 7.57. The van der Waals surface area contributed by atoms with Gasteiger partial charge in [-0.1, -0.05) is 0 Å². The molecule has 2 saturated heterocycles. The smallest absolute Gasteiger partial charge is 0.410 e. The maximum Gasteiger partial charge on any atom is 0.410 e. The van der Waals surface area contributed by atoms with Crippen molar-refractivity contribution in [2.75, 3.05) is 39.8 Å². The molecule has 2 heterocycles. The predicted molar refractivity (Wildman–Crippen MR) is 84.4 cm³/mol. The van der Waals surface area contributed by atoms with Crippen LogP contribution in [0.15, 0.2) is 0 Å². The summed E-state index contributed by atoms with van der Waals surface area (Å²) in [6.45, 7) is 10.8. The number of hydrogen-bond donors (Lipinski definition) is 1. The third-order valence-corrected chi connectivity index (χ3v) is 4.35. The highest BCUT2D eigenvalue weighted by molar-refractivity contribution is 5.68. The number of ether oxygens (including phenoxy) is 1. The summed E-state index contributed by atoms with van der Waals surface area (Å²) in [6.07, 6.45) is 3.39. The number of hydrogen-bond acceptors (Lipinski definition) is 4. The summed E-state index contributed by atoms with van der Waals surface area (Å²) in [7, 11) is 2.19. The van der Waals surface area contributed by atoms with Gasteiger partial charge in [-0.3, -0.25) is 0 Å². The highest BCUT2D eigenvalue weighted by Gasteiger charge is 2.30. The highest BCUT2D eigenvalue weighted by atomic mass is 16.6. The molecule has 5 heteroatoms. The maximum absolute atomic E-state index is 12.0. The first-order valence-electron chi connectivity index (χ1n) is 8.23. The molecule has 21 heavy (non-hydrogen) atoms. The first-order chi connectivity index (χ1) is 9.83. The predicted octanol–water partition coefficient (Wildman–Crippen LogP) is 1.93. The lowest BCUT2D eigenvalue weighted by molar-refractivity contribution is 0.0288. The molecule has 2 aliphatic heterocycles. The zero-order valence-corrected chi connectivity index (χ0v) is 14.0. The number of carbonyl (C=O) groups is 1. The first kappa shape index (κ1) is 16.6. The number of piperidine rings is 1. The summed E-state index contributed by atoms with van der Waals surface area (Å²) in [5.74, 6) is 0.567. The molecule has 122 valence electrons. The van der Waals surface area contributed by atoms with Crippen molar-refractivity contribution in [2.45, 2.75) is 51.7 Å². The van der Waals surface area contributed by atoms with Crippen molar-refractivity contribution < 1.29 is 9.53 Å². The number of nitrogens with one attached hydrogen (secondary N) is 1. The minimum atomic E-state index is -0.401. The van der Waals surface area contributed by atoms with Crippen molar-refractivity contribution in [1.82, 2.24) is 15.1 Å². The molecule has 5 nitrogen and oxygen atoms in total. The van der Waals surface area contributed by atoms with E-state index in [1.165, 1.54) is 25.9 Å². The Labute approximate surface area is 129 Å². The molecule has 0 aliphatic carbocycles. The van der Waals surface area contributed by atoms with Crippen LogP contribution in [0.5, 0.6) is 0 Å². The summed E-state index contributed by atoms with van der Waals surface area (Å²) in [4.78, 5) is 16.3. The van der Waals surface area contributed by atoms with Crippen LogP contribution in [-0.4, -0.2) is 67.3 Å². The van der Waals surface area contributed by atoms with Gasteiger partial charge in [-0.2, -0.15) is 0 Å². The van der Waals surface area contributed by atoms with E-state index >= 15 is 0 Å². The van der Waals surface area contributed by atoms with E-state index in [9.17, 15) is 4.79 Å². The van der Waals surface area contributed by atoms with Crippen LogP contribution in [-0.2, 0) is 4.74 Å². The van der Waals surface area contributed by atoms with Crippen LogP contribution in [0.4, 0.5) is 4.79 Å². The molecule has 2 fully saturated rings. The van der Waals surface area contributed by atoms with Crippen LogP contribution < -0.4 is 5.32 Å². The van der Waals surface area contributed by atoms with E-state index in [-0.39, 0.29) is 6.09 Å². The molecule has 2 rings (SSSR count). The van der Waals surface area contributed by atoms with Gasteiger partial charge in [0.15, 0.2) is 0 Å². The van der Waals surface area contributed by atoms with E-state index in [4.69, 9.17) is 4.74 Å². The second-order valence-corrected chi connectivity index (χ2v) is 7.57. The third-order valence-electron chi connectivity index (χ3n) is 4.35.